The summed E-state index contributed by atoms with van der Waals surface area (Å²) < 4.78 is 7.26. The van der Waals surface area contributed by atoms with Crippen LogP contribution >= 0.6 is 0 Å². The lowest BCUT2D eigenvalue weighted by Gasteiger charge is -2.08. The Morgan fingerprint density at radius 1 is 1.08 bits per heavy atom. The van der Waals surface area contributed by atoms with E-state index in [0.29, 0.717) is 17.2 Å². The zero-order valence-electron chi connectivity index (χ0n) is 14.4. The van der Waals surface area contributed by atoms with Gasteiger partial charge in [0.1, 0.15) is 5.75 Å². The van der Waals surface area contributed by atoms with Crippen molar-refractivity contribution >= 4 is 17.0 Å². The first-order valence-electron chi connectivity index (χ1n) is 8.11. The minimum atomic E-state index is -0.418. The molecular formula is C19H21N3O2. The van der Waals surface area contributed by atoms with Gasteiger partial charge in [0.25, 0.3) is 0 Å². The Kier molecular flexibility index (Phi) is 4.34. The van der Waals surface area contributed by atoms with E-state index < -0.39 is 5.97 Å². The summed E-state index contributed by atoms with van der Waals surface area (Å²) in [6, 6.07) is 9.56. The topological polar surface area (TPSA) is 57.0 Å². The molecular weight excluding hydrogens is 302 g/mol. The van der Waals surface area contributed by atoms with Gasteiger partial charge in [-0.15, -0.1) is 0 Å². The maximum atomic E-state index is 12.3. The van der Waals surface area contributed by atoms with Gasteiger partial charge in [0.2, 0.25) is 0 Å². The number of esters is 1. The third-order valence-electron chi connectivity index (χ3n) is 3.92. The average Bonchev–Trinajstić information content (AvgIpc) is 2.98. The van der Waals surface area contributed by atoms with Crippen molar-refractivity contribution in [2.24, 2.45) is 0 Å². The number of hydrogen-bond donors (Lipinski definition) is 0. The molecule has 0 amide bonds. The van der Waals surface area contributed by atoms with Crippen LogP contribution in [0.25, 0.3) is 11.0 Å². The van der Waals surface area contributed by atoms with Gasteiger partial charge in [0.05, 0.1) is 11.8 Å². The SMILES string of the molecule is CC(C)c1ccc(OC(=O)c2cnc3c(cnn3C(C)C)c2)cc1. The molecule has 3 aromatic rings. The molecule has 0 atom stereocenters. The molecule has 0 bridgehead atoms. The van der Waals surface area contributed by atoms with Crippen molar-refractivity contribution in [1.29, 1.82) is 0 Å². The second-order valence-corrected chi connectivity index (χ2v) is 6.43. The predicted octanol–water partition coefficient (Wildman–Crippen LogP) is 4.35. The highest BCUT2D eigenvalue weighted by atomic mass is 16.5. The van der Waals surface area contributed by atoms with Crippen LogP contribution in [0.15, 0.2) is 42.7 Å². The molecule has 124 valence electrons. The van der Waals surface area contributed by atoms with E-state index in [1.54, 1.807) is 12.3 Å². The lowest BCUT2D eigenvalue weighted by molar-refractivity contribution is 0.0734. The van der Waals surface area contributed by atoms with Crippen molar-refractivity contribution in [3.8, 4) is 5.75 Å². The lowest BCUT2D eigenvalue weighted by Crippen LogP contribution is -2.09. The molecule has 0 aliphatic rings. The lowest BCUT2D eigenvalue weighted by atomic mass is 10.0. The molecule has 0 aliphatic carbocycles. The summed E-state index contributed by atoms with van der Waals surface area (Å²) in [4.78, 5) is 16.7. The first kappa shape index (κ1) is 16.2. The van der Waals surface area contributed by atoms with Crippen LogP contribution in [0.5, 0.6) is 5.75 Å². The molecule has 24 heavy (non-hydrogen) atoms. The van der Waals surface area contributed by atoms with E-state index in [4.69, 9.17) is 4.74 Å². The second kappa shape index (κ2) is 6.43. The van der Waals surface area contributed by atoms with Gasteiger partial charge in [-0.05, 0) is 43.5 Å². The standard InChI is InChI=1S/C19H21N3O2/c1-12(2)14-5-7-17(8-6-14)24-19(23)16-9-15-11-21-22(13(3)4)18(15)20-10-16/h5-13H,1-4H3. The fourth-order valence-corrected chi connectivity index (χ4v) is 2.52. The van der Waals surface area contributed by atoms with Crippen LogP contribution in [-0.2, 0) is 0 Å². The van der Waals surface area contributed by atoms with Gasteiger partial charge >= 0.3 is 5.97 Å². The maximum Gasteiger partial charge on any atom is 0.345 e. The number of ether oxygens (including phenoxy) is 1. The van der Waals surface area contributed by atoms with Crippen LogP contribution in [0.4, 0.5) is 0 Å². The Balaban J connectivity index is 1.81. The quantitative estimate of drug-likeness (QED) is 0.529. The van der Waals surface area contributed by atoms with Crippen molar-refractivity contribution in [3.63, 3.8) is 0 Å². The summed E-state index contributed by atoms with van der Waals surface area (Å²) in [5.41, 5.74) is 2.39. The summed E-state index contributed by atoms with van der Waals surface area (Å²) in [6.07, 6.45) is 3.25. The number of aromatic nitrogens is 3. The molecule has 1 aromatic carbocycles. The fraction of sp³-hybridized carbons (Fsp3) is 0.316. The molecule has 0 fully saturated rings. The number of rotatable bonds is 4. The van der Waals surface area contributed by atoms with Crippen molar-refractivity contribution in [2.45, 2.75) is 39.7 Å². The number of pyridine rings is 1. The minimum absolute atomic E-state index is 0.215. The Bertz CT molecular complexity index is 864. The Morgan fingerprint density at radius 2 is 1.79 bits per heavy atom. The second-order valence-electron chi connectivity index (χ2n) is 6.43. The van der Waals surface area contributed by atoms with E-state index in [1.807, 2.05) is 42.8 Å². The highest BCUT2D eigenvalue weighted by molar-refractivity contribution is 5.94. The summed E-state index contributed by atoms with van der Waals surface area (Å²) in [5.74, 6) is 0.556. The Labute approximate surface area is 141 Å². The summed E-state index contributed by atoms with van der Waals surface area (Å²) in [7, 11) is 0. The fourth-order valence-electron chi connectivity index (χ4n) is 2.52. The molecule has 0 aliphatic heterocycles. The van der Waals surface area contributed by atoms with Gasteiger partial charge in [0, 0.05) is 17.6 Å². The van der Waals surface area contributed by atoms with Crippen LogP contribution in [0.3, 0.4) is 0 Å². The number of nitrogens with zero attached hydrogens (tertiary/aromatic N) is 3. The Hall–Kier alpha value is -2.69. The summed E-state index contributed by atoms with van der Waals surface area (Å²) in [6.45, 7) is 8.33. The number of benzene rings is 1. The van der Waals surface area contributed by atoms with Crippen LogP contribution in [-0.4, -0.2) is 20.7 Å². The van der Waals surface area contributed by atoms with Crippen LogP contribution in [0.2, 0.25) is 0 Å². The smallest absolute Gasteiger partial charge is 0.345 e. The molecule has 0 spiro atoms. The van der Waals surface area contributed by atoms with E-state index in [0.717, 1.165) is 11.0 Å². The third-order valence-corrected chi connectivity index (χ3v) is 3.92. The zero-order chi connectivity index (χ0) is 17.3. The minimum Gasteiger partial charge on any atom is -0.423 e. The van der Waals surface area contributed by atoms with Crippen molar-refractivity contribution in [2.75, 3.05) is 0 Å². The highest BCUT2D eigenvalue weighted by Gasteiger charge is 2.13. The largest absolute Gasteiger partial charge is 0.423 e. The monoisotopic (exact) mass is 323 g/mol. The van der Waals surface area contributed by atoms with E-state index in [2.05, 4.69) is 23.9 Å². The van der Waals surface area contributed by atoms with Crippen LogP contribution in [0.1, 0.15) is 55.6 Å². The van der Waals surface area contributed by atoms with Gasteiger partial charge in [-0.1, -0.05) is 26.0 Å². The van der Waals surface area contributed by atoms with E-state index in [-0.39, 0.29) is 6.04 Å². The molecule has 2 aromatic heterocycles. The number of fused-ring (bicyclic) bond motifs is 1. The third kappa shape index (κ3) is 3.15. The molecule has 5 nitrogen and oxygen atoms in total. The first-order valence-corrected chi connectivity index (χ1v) is 8.11. The van der Waals surface area contributed by atoms with Gasteiger partial charge in [-0.3, -0.25) is 0 Å². The summed E-state index contributed by atoms with van der Waals surface area (Å²) >= 11 is 0. The van der Waals surface area contributed by atoms with Gasteiger partial charge in [-0.25, -0.2) is 14.5 Å². The number of carbonyl (C=O) groups is 1. The molecule has 5 heteroatoms. The van der Waals surface area contributed by atoms with Gasteiger partial charge in [0.15, 0.2) is 5.65 Å². The van der Waals surface area contributed by atoms with Crippen LogP contribution < -0.4 is 4.74 Å². The summed E-state index contributed by atoms with van der Waals surface area (Å²) in [5, 5.41) is 5.13. The number of carbonyl (C=O) groups excluding carboxylic acids is 1. The van der Waals surface area contributed by atoms with Gasteiger partial charge < -0.3 is 4.74 Å². The highest BCUT2D eigenvalue weighted by Crippen LogP contribution is 2.21. The van der Waals surface area contributed by atoms with Gasteiger partial charge in [-0.2, -0.15) is 5.10 Å². The molecule has 0 saturated carbocycles. The normalized spacial score (nSPS) is 11.4. The molecule has 0 unspecified atom stereocenters. The molecule has 0 N–H and O–H groups in total. The predicted molar refractivity (Wildman–Crippen MR) is 93.4 cm³/mol. The van der Waals surface area contributed by atoms with Crippen LogP contribution in [0, 0.1) is 0 Å². The van der Waals surface area contributed by atoms with Crippen molar-refractivity contribution in [1.82, 2.24) is 14.8 Å². The maximum absolute atomic E-state index is 12.3. The first-order chi connectivity index (χ1) is 11.5. The molecule has 0 radical (unpaired) electrons. The number of hydrogen-bond acceptors (Lipinski definition) is 4. The average molecular weight is 323 g/mol. The zero-order valence-corrected chi connectivity index (χ0v) is 14.4. The van der Waals surface area contributed by atoms with E-state index >= 15 is 0 Å². The van der Waals surface area contributed by atoms with Crippen molar-refractivity contribution in [3.05, 3.63) is 53.9 Å². The van der Waals surface area contributed by atoms with E-state index in [1.165, 1.54) is 11.8 Å². The molecule has 0 saturated heterocycles. The van der Waals surface area contributed by atoms with Crippen molar-refractivity contribution < 1.29 is 9.53 Å². The van der Waals surface area contributed by atoms with E-state index in [9.17, 15) is 4.79 Å². The molecule has 2 heterocycles. The Morgan fingerprint density at radius 3 is 2.42 bits per heavy atom. The molecule has 3 rings (SSSR count).